The maximum Gasteiger partial charge on any atom is 0.341 e. The van der Waals surface area contributed by atoms with Crippen molar-refractivity contribution in [3.05, 3.63) is 58.1 Å². The Hall–Kier alpha value is -2.49. The molecule has 0 bridgehead atoms. The van der Waals surface area contributed by atoms with Gasteiger partial charge in [-0.2, -0.15) is 0 Å². The summed E-state index contributed by atoms with van der Waals surface area (Å²) in [4.78, 5) is 10.7. The van der Waals surface area contributed by atoms with E-state index in [0.29, 0.717) is 18.3 Å². The summed E-state index contributed by atoms with van der Waals surface area (Å²) in [5, 5.41) is 8.76. The molecule has 0 radical (unpaired) electrons. The number of ether oxygens (including phenoxy) is 2. The van der Waals surface area contributed by atoms with Gasteiger partial charge >= 0.3 is 5.97 Å². The summed E-state index contributed by atoms with van der Waals surface area (Å²) in [5.74, 6) is 0.975. The molecule has 0 spiro atoms. The summed E-state index contributed by atoms with van der Waals surface area (Å²) in [7, 11) is 0. The monoisotopic (exact) mass is 356 g/mol. The van der Waals surface area contributed by atoms with E-state index in [4.69, 9.17) is 14.6 Å². The second-order valence-corrected chi connectivity index (χ2v) is 6.85. The van der Waals surface area contributed by atoms with Gasteiger partial charge in [0, 0.05) is 0 Å². The van der Waals surface area contributed by atoms with Crippen LogP contribution in [0.5, 0.6) is 11.5 Å². The number of hydrogen-bond donors (Lipinski definition) is 1. The molecule has 4 heteroatoms. The van der Waals surface area contributed by atoms with Crippen LogP contribution < -0.4 is 9.47 Å². The van der Waals surface area contributed by atoms with E-state index in [1.165, 1.54) is 16.7 Å². The molecule has 2 aromatic rings. The van der Waals surface area contributed by atoms with Crippen molar-refractivity contribution in [2.45, 2.75) is 47.0 Å². The van der Waals surface area contributed by atoms with Crippen LogP contribution in [0.3, 0.4) is 0 Å². The standard InChI is InChI=1S/C22H28O4/c1-6-25-21-8-7-17(11-19(21)14(2)3)12-20-15(4)9-18(10-16(20)5)26-13-22(23)24/h7-11,14H,6,12-13H2,1-5H3,(H,23,24). The number of carboxylic acids is 1. The van der Waals surface area contributed by atoms with Gasteiger partial charge in [-0.1, -0.05) is 26.0 Å². The number of hydrogen-bond acceptors (Lipinski definition) is 3. The summed E-state index contributed by atoms with van der Waals surface area (Å²) < 4.78 is 11.1. The molecule has 0 saturated heterocycles. The molecule has 0 atom stereocenters. The van der Waals surface area contributed by atoms with Crippen LogP contribution in [0.2, 0.25) is 0 Å². The van der Waals surface area contributed by atoms with Gasteiger partial charge in [-0.25, -0.2) is 4.79 Å². The molecule has 4 nitrogen and oxygen atoms in total. The van der Waals surface area contributed by atoms with Gasteiger partial charge in [0.1, 0.15) is 11.5 Å². The predicted octanol–water partition coefficient (Wildman–Crippen LogP) is 4.88. The zero-order valence-electron chi connectivity index (χ0n) is 16.3. The van der Waals surface area contributed by atoms with E-state index in [-0.39, 0.29) is 6.61 Å². The molecule has 0 aliphatic heterocycles. The lowest BCUT2D eigenvalue weighted by Crippen LogP contribution is -2.10. The second kappa shape index (κ2) is 8.75. The third kappa shape index (κ3) is 5.01. The first kappa shape index (κ1) is 19.8. The Bertz CT molecular complexity index is 755. The lowest BCUT2D eigenvalue weighted by Gasteiger charge is -2.17. The third-order valence-corrected chi connectivity index (χ3v) is 4.41. The average molecular weight is 356 g/mol. The minimum Gasteiger partial charge on any atom is -0.494 e. The van der Waals surface area contributed by atoms with Crippen molar-refractivity contribution in [2.24, 2.45) is 0 Å². The number of aryl methyl sites for hydroxylation is 2. The van der Waals surface area contributed by atoms with Gasteiger partial charge in [0.15, 0.2) is 6.61 Å². The van der Waals surface area contributed by atoms with E-state index < -0.39 is 5.97 Å². The van der Waals surface area contributed by atoms with Gasteiger partial charge in [-0.15, -0.1) is 0 Å². The molecule has 26 heavy (non-hydrogen) atoms. The van der Waals surface area contributed by atoms with Crippen LogP contribution in [0.4, 0.5) is 0 Å². The van der Waals surface area contributed by atoms with E-state index in [9.17, 15) is 4.79 Å². The van der Waals surface area contributed by atoms with E-state index >= 15 is 0 Å². The summed E-state index contributed by atoms with van der Waals surface area (Å²) in [6, 6.07) is 10.2. The minimum absolute atomic E-state index is 0.325. The highest BCUT2D eigenvalue weighted by Gasteiger charge is 2.12. The Kier molecular flexibility index (Phi) is 6.67. The molecular weight excluding hydrogens is 328 g/mol. The van der Waals surface area contributed by atoms with Crippen molar-refractivity contribution < 1.29 is 19.4 Å². The van der Waals surface area contributed by atoms with Crippen molar-refractivity contribution in [1.29, 1.82) is 0 Å². The Labute approximate surface area is 155 Å². The normalized spacial score (nSPS) is 10.8. The van der Waals surface area contributed by atoms with Crippen molar-refractivity contribution in [2.75, 3.05) is 13.2 Å². The van der Waals surface area contributed by atoms with Crippen LogP contribution in [0, 0.1) is 13.8 Å². The number of carboxylic acid groups (broad SMARTS) is 1. The van der Waals surface area contributed by atoms with Crippen LogP contribution in [0.1, 0.15) is 54.5 Å². The number of carbonyl (C=O) groups is 1. The molecule has 140 valence electrons. The highest BCUT2D eigenvalue weighted by Crippen LogP contribution is 2.30. The van der Waals surface area contributed by atoms with Crippen molar-refractivity contribution in [3.63, 3.8) is 0 Å². The first-order chi connectivity index (χ1) is 12.3. The smallest absolute Gasteiger partial charge is 0.341 e. The summed E-state index contributed by atoms with van der Waals surface area (Å²) in [5.41, 5.74) is 5.91. The number of aliphatic carboxylic acids is 1. The molecule has 0 saturated carbocycles. The third-order valence-electron chi connectivity index (χ3n) is 4.41. The van der Waals surface area contributed by atoms with Gasteiger partial charge in [0.2, 0.25) is 0 Å². The fourth-order valence-electron chi connectivity index (χ4n) is 3.11. The van der Waals surface area contributed by atoms with Gasteiger partial charge in [-0.3, -0.25) is 0 Å². The lowest BCUT2D eigenvalue weighted by molar-refractivity contribution is -0.139. The van der Waals surface area contributed by atoms with E-state index in [0.717, 1.165) is 23.3 Å². The summed E-state index contributed by atoms with van der Waals surface area (Å²) >= 11 is 0. The van der Waals surface area contributed by atoms with Gasteiger partial charge in [-0.05, 0) is 79.1 Å². The molecule has 2 rings (SSSR count). The average Bonchev–Trinajstić information content (AvgIpc) is 2.57. The topological polar surface area (TPSA) is 55.8 Å². The largest absolute Gasteiger partial charge is 0.494 e. The van der Waals surface area contributed by atoms with E-state index in [1.54, 1.807) is 0 Å². The quantitative estimate of drug-likeness (QED) is 0.732. The van der Waals surface area contributed by atoms with Gasteiger partial charge < -0.3 is 14.6 Å². The van der Waals surface area contributed by atoms with Crippen LogP contribution in [-0.4, -0.2) is 24.3 Å². The molecule has 0 unspecified atom stereocenters. The highest BCUT2D eigenvalue weighted by atomic mass is 16.5. The first-order valence-electron chi connectivity index (χ1n) is 9.02. The Balaban J connectivity index is 2.27. The SMILES string of the molecule is CCOc1ccc(Cc2c(C)cc(OCC(=O)O)cc2C)cc1C(C)C. The zero-order valence-corrected chi connectivity index (χ0v) is 16.3. The van der Waals surface area contributed by atoms with Crippen molar-refractivity contribution in [1.82, 2.24) is 0 Å². The van der Waals surface area contributed by atoms with E-state index in [2.05, 4.69) is 32.0 Å². The molecule has 2 aromatic carbocycles. The molecular formula is C22H28O4. The molecule has 0 fully saturated rings. The zero-order chi connectivity index (χ0) is 19.3. The minimum atomic E-state index is -0.972. The Morgan fingerprint density at radius 3 is 2.27 bits per heavy atom. The predicted molar refractivity (Wildman–Crippen MR) is 104 cm³/mol. The molecule has 1 N–H and O–H groups in total. The fraction of sp³-hybridized carbons (Fsp3) is 0.409. The van der Waals surface area contributed by atoms with E-state index in [1.807, 2.05) is 32.9 Å². The number of benzene rings is 2. The molecule has 0 amide bonds. The van der Waals surface area contributed by atoms with Gasteiger partial charge in [0.25, 0.3) is 0 Å². The Morgan fingerprint density at radius 1 is 1.08 bits per heavy atom. The molecule has 0 aliphatic rings. The number of rotatable bonds is 8. The highest BCUT2D eigenvalue weighted by molar-refractivity contribution is 5.68. The molecule has 0 aliphatic carbocycles. The van der Waals surface area contributed by atoms with Gasteiger partial charge in [0.05, 0.1) is 6.61 Å². The van der Waals surface area contributed by atoms with Crippen molar-refractivity contribution >= 4 is 5.97 Å². The van der Waals surface area contributed by atoms with Crippen molar-refractivity contribution in [3.8, 4) is 11.5 Å². The lowest BCUT2D eigenvalue weighted by atomic mass is 9.93. The summed E-state index contributed by atoms with van der Waals surface area (Å²) in [6.45, 7) is 10.8. The molecule has 0 heterocycles. The second-order valence-electron chi connectivity index (χ2n) is 6.85. The van der Waals surface area contributed by atoms with Crippen LogP contribution in [0.25, 0.3) is 0 Å². The van der Waals surface area contributed by atoms with Crippen LogP contribution >= 0.6 is 0 Å². The molecule has 0 aromatic heterocycles. The summed E-state index contributed by atoms with van der Waals surface area (Å²) in [6.07, 6.45) is 0.822. The van der Waals surface area contributed by atoms with Crippen LogP contribution in [0.15, 0.2) is 30.3 Å². The fourth-order valence-corrected chi connectivity index (χ4v) is 3.11. The maximum atomic E-state index is 10.7. The Morgan fingerprint density at radius 2 is 1.73 bits per heavy atom. The van der Waals surface area contributed by atoms with Crippen LogP contribution in [-0.2, 0) is 11.2 Å². The maximum absolute atomic E-state index is 10.7. The first-order valence-corrected chi connectivity index (χ1v) is 9.02.